The molecule has 1 unspecified atom stereocenters. The van der Waals surface area contributed by atoms with E-state index in [1.807, 2.05) is 24.3 Å². The highest BCUT2D eigenvalue weighted by molar-refractivity contribution is 9.10. The molecule has 6 rings (SSSR count). The maximum Gasteiger partial charge on any atom is 0.166 e. The molecule has 2 aromatic rings. The summed E-state index contributed by atoms with van der Waals surface area (Å²) < 4.78 is 13.0. The Balaban J connectivity index is 1.32. The van der Waals surface area contributed by atoms with Gasteiger partial charge >= 0.3 is 0 Å². The normalized spacial score (nSPS) is 29.7. The van der Waals surface area contributed by atoms with Crippen LogP contribution in [0.5, 0.6) is 11.5 Å². The Labute approximate surface area is 195 Å². The summed E-state index contributed by atoms with van der Waals surface area (Å²) in [6.45, 7) is 3.76. The zero-order chi connectivity index (χ0) is 21.4. The number of benzene rings is 2. The zero-order valence-electron chi connectivity index (χ0n) is 18.7. The Morgan fingerprint density at radius 2 is 1.68 bits per heavy atom. The third-order valence-corrected chi connectivity index (χ3v) is 8.60. The maximum absolute atomic E-state index is 6.30. The Bertz CT molecular complexity index is 878. The minimum Gasteiger partial charge on any atom is -0.493 e. The Hall–Kier alpha value is -1.52. The van der Waals surface area contributed by atoms with Crippen molar-refractivity contribution in [1.29, 1.82) is 0 Å². The molecule has 0 radical (unpaired) electrons. The van der Waals surface area contributed by atoms with Crippen LogP contribution in [-0.2, 0) is 13.2 Å². The van der Waals surface area contributed by atoms with Crippen LogP contribution in [0.1, 0.15) is 56.6 Å². The molecule has 166 valence electrons. The molecule has 4 fully saturated rings. The molecule has 0 aromatic heterocycles. The molecule has 1 atom stereocenters. The molecule has 31 heavy (non-hydrogen) atoms. The number of halogens is 1. The minimum absolute atomic E-state index is 0.496. The van der Waals surface area contributed by atoms with E-state index in [1.54, 1.807) is 7.11 Å². The standard InChI is InChI=1S/C27H34BrNO2/c1-18(27-13-20-8-21(14-27)10-22(9-20)15-27)29-16-23-11-24(28)12-25(30-2)26(23)31-17-19-6-4-3-5-7-19/h3-7,11-12,18,20-22,29H,8-10,13-17H2,1-2H3. The second-order valence-electron chi connectivity index (χ2n) is 10.3. The number of ether oxygens (including phenoxy) is 2. The molecule has 0 spiro atoms. The van der Waals surface area contributed by atoms with Crippen LogP contribution in [0.15, 0.2) is 46.9 Å². The minimum atomic E-state index is 0.496. The van der Waals surface area contributed by atoms with Crippen molar-refractivity contribution in [2.45, 2.75) is 64.6 Å². The smallest absolute Gasteiger partial charge is 0.166 e. The summed E-state index contributed by atoms with van der Waals surface area (Å²) >= 11 is 3.66. The molecule has 1 N–H and O–H groups in total. The van der Waals surface area contributed by atoms with Gasteiger partial charge in [-0.3, -0.25) is 0 Å². The molecule has 4 aliphatic rings. The number of nitrogens with one attached hydrogen (secondary N) is 1. The van der Waals surface area contributed by atoms with Crippen molar-refractivity contribution in [2.75, 3.05) is 7.11 Å². The average Bonchev–Trinajstić information content (AvgIpc) is 2.76. The van der Waals surface area contributed by atoms with Crippen LogP contribution in [0, 0.1) is 23.2 Å². The predicted molar refractivity (Wildman–Crippen MR) is 128 cm³/mol. The zero-order valence-corrected chi connectivity index (χ0v) is 20.3. The first kappa shape index (κ1) is 21.3. The summed E-state index contributed by atoms with van der Waals surface area (Å²) in [5.41, 5.74) is 2.81. The van der Waals surface area contributed by atoms with Gasteiger partial charge in [0.25, 0.3) is 0 Å². The van der Waals surface area contributed by atoms with Crippen LogP contribution < -0.4 is 14.8 Å². The molecular formula is C27H34BrNO2. The molecule has 0 aliphatic heterocycles. The second-order valence-corrected chi connectivity index (χ2v) is 11.2. The average molecular weight is 484 g/mol. The molecule has 2 aromatic carbocycles. The van der Waals surface area contributed by atoms with Crippen molar-refractivity contribution >= 4 is 15.9 Å². The van der Waals surface area contributed by atoms with E-state index in [9.17, 15) is 0 Å². The third kappa shape index (κ3) is 4.39. The van der Waals surface area contributed by atoms with Crippen LogP contribution in [0.4, 0.5) is 0 Å². The van der Waals surface area contributed by atoms with Gasteiger partial charge in [-0.1, -0.05) is 46.3 Å². The predicted octanol–water partition coefficient (Wildman–Crippen LogP) is 6.73. The number of methoxy groups -OCH3 is 1. The quantitative estimate of drug-likeness (QED) is 0.451. The lowest BCUT2D eigenvalue weighted by atomic mass is 9.48. The fourth-order valence-corrected chi connectivity index (χ4v) is 7.47. The van der Waals surface area contributed by atoms with Crippen LogP contribution in [-0.4, -0.2) is 13.2 Å². The first-order chi connectivity index (χ1) is 15.0. The van der Waals surface area contributed by atoms with Crippen molar-refractivity contribution in [1.82, 2.24) is 5.32 Å². The first-order valence-corrected chi connectivity index (χ1v) is 12.6. The lowest BCUT2D eigenvalue weighted by molar-refractivity contribution is -0.0706. The fraction of sp³-hybridized carbons (Fsp3) is 0.556. The van der Waals surface area contributed by atoms with Gasteiger partial charge in [-0.25, -0.2) is 0 Å². The summed E-state index contributed by atoms with van der Waals surface area (Å²) in [4.78, 5) is 0. The van der Waals surface area contributed by atoms with E-state index in [0.717, 1.165) is 51.4 Å². The number of rotatable bonds is 8. The monoisotopic (exact) mass is 483 g/mol. The van der Waals surface area contributed by atoms with Crippen molar-refractivity contribution < 1.29 is 9.47 Å². The molecule has 0 amide bonds. The van der Waals surface area contributed by atoms with Gasteiger partial charge in [0.15, 0.2) is 11.5 Å². The first-order valence-electron chi connectivity index (χ1n) is 11.8. The number of hydrogen-bond acceptors (Lipinski definition) is 3. The van der Waals surface area contributed by atoms with E-state index in [0.29, 0.717) is 18.1 Å². The van der Waals surface area contributed by atoms with Gasteiger partial charge in [-0.2, -0.15) is 0 Å². The van der Waals surface area contributed by atoms with E-state index in [4.69, 9.17) is 9.47 Å². The SMILES string of the molecule is COc1cc(Br)cc(CNC(C)C23CC4CC(CC(C4)C2)C3)c1OCc1ccccc1. The molecule has 0 saturated heterocycles. The lowest BCUT2D eigenvalue weighted by Gasteiger charge is -2.59. The third-order valence-electron chi connectivity index (χ3n) is 8.15. The van der Waals surface area contributed by atoms with Gasteiger partial charge < -0.3 is 14.8 Å². The van der Waals surface area contributed by atoms with Crippen molar-refractivity contribution in [3.05, 3.63) is 58.1 Å². The topological polar surface area (TPSA) is 30.5 Å². The van der Waals surface area contributed by atoms with E-state index >= 15 is 0 Å². The molecule has 4 saturated carbocycles. The van der Waals surface area contributed by atoms with Crippen LogP contribution >= 0.6 is 15.9 Å². The Morgan fingerprint density at radius 3 is 2.29 bits per heavy atom. The van der Waals surface area contributed by atoms with Crippen molar-refractivity contribution in [3.63, 3.8) is 0 Å². The van der Waals surface area contributed by atoms with E-state index in [2.05, 4.69) is 46.4 Å². The molecule has 4 bridgehead atoms. The molecule has 3 nitrogen and oxygen atoms in total. The van der Waals surface area contributed by atoms with Gasteiger partial charge in [-0.15, -0.1) is 0 Å². The second kappa shape index (κ2) is 8.78. The van der Waals surface area contributed by atoms with E-state index in [-0.39, 0.29) is 0 Å². The van der Waals surface area contributed by atoms with Gasteiger partial charge in [0.2, 0.25) is 0 Å². The van der Waals surface area contributed by atoms with E-state index in [1.165, 1.54) is 38.5 Å². The number of hydrogen-bond donors (Lipinski definition) is 1. The molecular weight excluding hydrogens is 450 g/mol. The Kier molecular flexibility index (Phi) is 6.04. The summed E-state index contributed by atoms with van der Waals surface area (Å²) in [7, 11) is 1.71. The van der Waals surface area contributed by atoms with Gasteiger partial charge in [0.05, 0.1) is 7.11 Å². The summed E-state index contributed by atoms with van der Waals surface area (Å²) in [5, 5.41) is 3.92. The summed E-state index contributed by atoms with van der Waals surface area (Å²) in [6, 6.07) is 15.0. The Morgan fingerprint density at radius 1 is 1.03 bits per heavy atom. The van der Waals surface area contributed by atoms with Gasteiger partial charge in [-0.05, 0) is 86.3 Å². The largest absolute Gasteiger partial charge is 0.493 e. The highest BCUT2D eigenvalue weighted by Crippen LogP contribution is 2.61. The summed E-state index contributed by atoms with van der Waals surface area (Å²) in [5.74, 6) is 4.56. The van der Waals surface area contributed by atoms with E-state index < -0.39 is 0 Å². The van der Waals surface area contributed by atoms with Gasteiger partial charge in [0, 0.05) is 22.6 Å². The highest BCUT2D eigenvalue weighted by Gasteiger charge is 2.52. The maximum atomic E-state index is 6.30. The molecule has 4 heteroatoms. The van der Waals surface area contributed by atoms with Crippen LogP contribution in [0.3, 0.4) is 0 Å². The highest BCUT2D eigenvalue weighted by atomic mass is 79.9. The van der Waals surface area contributed by atoms with Crippen molar-refractivity contribution in [3.8, 4) is 11.5 Å². The summed E-state index contributed by atoms with van der Waals surface area (Å²) in [6.07, 6.45) is 8.75. The lowest BCUT2D eigenvalue weighted by Crippen LogP contribution is -2.54. The van der Waals surface area contributed by atoms with Crippen LogP contribution in [0.2, 0.25) is 0 Å². The fourth-order valence-electron chi connectivity index (χ4n) is 6.99. The van der Waals surface area contributed by atoms with Crippen molar-refractivity contribution in [2.24, 2.45) is 23.2 Å². The van der Waals surface area contributed by atoms with Gasteiger partial charge in [0.1, 0.15) is 6.61 Å². The molecule has 0 heterocycles. The van der Waals surface area contributed by atoms with Crippen LogP contribution in [0.25, 0.3) is 0 Å². The molecule has 4 aliphatic carbocycles.